The van der Waals surface area contributed by atoms with Crippen LogP contribution in [-0.2, 0) is 0 Å². The van der Waals surface area contributed by atoms with Gasteiger partial charge >= 0.3 is 0 Å². The lowest BCUT2D eigenvalue weighted by Crippen LogP contribution is -2.35. The summed E-state index contributed by atoms with van der Waals surface area (Å²) in [5, 5.41) is 4.54. The van der Waals surface area contributed by atoms with Crippen LogP contribution in [0.4, 0.5) is 5.82 Å². The largest absolute Gasteiger partial charge is 0.357 e. The van der Waals surface area contributed by atoms with E-state index in [1.54, 1.807) is 0 Å². The molecule has 1 aromatic rings. The normalized spacial score (nSPS) is 23.7. The maximum atomic E-state index is 4.54. The van der Waals surface area contributed by atoms with Crippen molar-refractivity contribution in [3.63, 3.8) is 0 Å². The Balaban J connectivity index is 2.17. The van der Waals surface area contributed by atoms with Crippen molar-refractivity contribution >= 4 is 5.82 Å². The van der Waals surface area contributed by atoms with Gasteiger partial charge in [0.2, 0.25) is 0 Å². The van der Waals surface area contributed by atoms with E-state index in [0.29, 0.717) is 12.1 Å². The van der Waals surface area contributed by atoms with Gasteiger partial charge in [-0.2, -0.15) is 5.10 Å². The van der Waals surface area contributed by atoms with Crippen molar-refractivity contribution in [3.05, 3.63) is 12.3 Å². The fourth-order valence-corrected chi connectivity index (χ4v) is 2.65. The molecule has 102 valence electrons. The molecule has 0 amide bonds. The van der Waals surface area contributed by atoms with Crippen molar-refractivity contribution < 1.29 is 0 Å². The summed E-state index contributed by atoms with van der Waals surface area (Å²) in [6, 6.07) is 3.02. The molecule has 1 fully saturated rings. The van der Waals surface area contributed by atoms with Crippen molar-refractivity contribution in [2.75, 3.05) is 32.1 Å². The molecule has 2 rings (SSSR count). The molecule has 3 unspecified atom stereocenters. The molecule has 0 radical (unpaired) electrons. The van der Waals surface area contributed by atoms with Crippen LogP contribution in [0, 0.1) is 5.92 Å². The molecule has 0 bridgehead atoms. The first-order valence-corrected chi connectivity index (χ1v) is 6.95. The van der Waals surface area contributed by atoms with E-state index in [9.17, 15) is 0 Å². The minimum Gasteiger partial charge on any atom is -0.357 e. The average molecular weight is 250 g/mol. The van der Waals surface area contributed by atoms with Gasteiger partial charge in [-0.25, -0.2) is 4.68 Å². The molecule has 0 spiro atoms. The lowest BCUT2D eigenvalue weighted by Gasteiger charge is -2.30. The summed E-state index contributed by atoms with van der Waals surface area (Å²) in [4.78, 5) is 4.72. The minimum atomic E-state index is 0.390. The Kier molecular flexibility index (Phi) is 3.95. The molecular weight excluding hydrogens is 224 g/mol. The van der Waals surface area contributed by atoms with Crippen molar-refractivity contribution in [2.45, 2.75) is 39.3 Å². The Labute approximate surface area is 111 Å². The first-order chi connectivity index (χ1) is 8.50. The van der Waals surface area contributed by atoms with Gasteiger partial charge < -0.3 is 9.80 Å². The molecule has 0 N–H and O–H groups in total. The van der Waals surface area contributed by atoms with E-state index < -0.39 is 0 Å². The second kappa shape index (κ2) is 5.31. The van der Waals surface area contributed by atoms with Gasteiger partial charge in [-0.3, -0.25) is 0 Å². The molecule has 0 aliphatic carbocycles. The molecule has 1 saturated heterocycles. The number of aromatic nitrogens is 2. The Morgan fingerprint density at radius 3 is 2.67 bits per heavy atom. The fraction of sp³-hybridized carbons (Fsp3) is 0.786. The van der Waals surface area contributed by atoms with Crippen molar-refractivity contribution in [2.24, 2.45) is 5.92 Å². The molecule has 1 aliphatic heterocycles. The number of nitrogens with zero attached hydrogens (tertiary/aromatic N) is 4. The second-order valence-corrected chi connectivity index (χ2v) is 5.92. The molecule has 18 heavy (non-hydrogen) atoms. The van der Waals surface area contributed by atoms with Gasteiger partial charge in [0.1, 0.15) is 5.82 Å². The van der Waals surface area contributed by atoms with Crippen LogP contribution in [0.3, 0.4) is 0 Å². The standard InChI is InChI=1S/C14H26N4/c1-11-7-9-17(10-11)14-6-8-15-18(14)13(3)12(2)16(4)5/h6,8,11-13H,7,9-10H2,1-5H3. The van der Waals surface area contributed by atoms with Crippen LogP contribution in [-0.4, -0.2) is 47.9 Å². The van der Waals surface area contributed by atoms with E-state index in [4.69, 9.17) is 0 Å². The predicted octanol–water partition coefficient (Wildman–Crippen LogP) is 2.24. The van der Waals surface area contributed by atoms with E-state index in [1.165, 1.54) is 12.2 Å². The molecule has 4 heteroatoms. The number of likely N-dealkylation sites (N-methyl/N-ethyl adjacent to an activating group) is 1. The molecule has 0 saturated carbocycles. The zero-order valence-corrected chi connectivity index (χ0v) is 12.3. The summed E-state index contributed by atoms with van der Waals surface area (Å²) in [5.41, 5.74) is 0. The smallest absolute Gasteiger partial charge is 0.127 e. The van der Waals surface area contributed by atoms with Gasteiger partial charge in [-0.05, 0) is 40.3 Å². The molecule has 2 heterocycles. The molecular formula is C14H26N4. The zero-order valence-electron chi connectivity index (χ0n) is 12.3. The van der Waals surface area contributed by atoms with Crippen LogP contribution in [0.2, 0.25) is 0 Å². The summed E-state index contributed by atoms with van der Waals surface area (Å²) in [7, 11) is 4.25. The summed E-state index contributed by atoms with van der Waals surface area (Å²) >= 11 is 0. The minimum absolute atomic E-state index is 0.390. The number of anilines is 1. The van der Waals surface area contributed by atoms with Crippen molar-refractivity contribution in [3.8, 4) is 0 Å². The average Bonchev–Trinajstić information content (AvgIpc) is 2.94. The highest BCUT2D eigenvalue weighted by Gasteiger charge is 2.25. The Morgan fingerprint density at radius 1 is 1.39 bits per heavy atom. The van der Waals surface area contributed by atoms with Crippen LogP contribution in [0.5, 0.6) is 0 Å². The zero-order chi connectivity index (χ0) is 13.3. The summed E-state index contributed by atoms with van der Waals surface area (Å²) in [6.07, 6.45) is 3.22. The molecule has 0 aromatic carbocycles. The second-order valence-electron chi connectivity index (χ2n) is 5.92. The highest BCUT2D eigenvalue weighted by Crippen LogP contribution is 2.27. The van der Waals surface area contributed by atoms with Crippen molar-refractivity contribution in [1.82, 2.24) is 14.7 Å². The van der Waals surface area contributed by atoms with E-state index in [2.05, 4.69) is 60.5 Å². The van der Waals surface area contributed by atoms with E-state index in [0.717, 1.165) is 19.0 Å². The molecule has 4 nitrogen and oxygen atoms in total. The van der Waals surface area contributed by atoms with Gasteiger partial charge in [-0.15, -0.1) is 0 Å². The van der Waals surface area contributed by atoms with Gasteiger partial charge in [0.05, 0.1) is 12.2 Å². The monoisotopic (exact) mass is 250 g/mol. The van der Waals surface area contributed by atoms with Crippen LogP contribution in [0.15, 0.2) is 12.3 Å². The van der Waals surface area contributed by atoms with Crippen LogP contribution < -0.4 is 4.90 Å². The van der Waals surface area contributed by atoms with Gasteiger partial charge in [0.15, 0.2) is 0 Å². The van der Waals surface area contributed by atoms with Gasteiger partial charge in [0.25, 0.3) is 0 Å². The highest BCUT2D eigenvalue weighted by atomic mass is 15.4. The highest BCUT2D eigenvalue weighted by molar-refractivity contribution is 5.40. The quantitative estimate of drug-likeness (QED) is 0.819. The first kappa shape index (κ1) is 13.4. The SMILES string of the molecule is CC1CCN(c2ccnn2C(C)C(C)N(C)C)C1. The van der Waals surface area contributed by atoms with Crippen molar-refractivity contribution in [1.29, 1.82) is 0 Å². The first-order valence-electron chi connectivity index (χ1n) is 6.95. The maximum absolute atomic E-state index is 4.54. The topological polar surface area (TPSA) is 24.3 Å². The van der Waals surface area contributed by atoms with Gasteiger partial charge in [-0.1, -0.05) is 6.92 Å². The Bertz CT molecular complexity index is 385. The molecule has 1 aliphatic rings. The third kappa shape index (κ3) is 2.53. The van der Waals surface area contributed by atoms with Crippen LogP contribution in [0.25, 0.3) is 0 Å². The van der Waals surface area contributed by atoms with E-state index >= 15 is 0 Å². The summed E-state index contributed by atoms with van der Waals surface area (Å²) in [5.74, 6) is 2.08. The van der Waals surface area contributed by atoms with E-state index in [1.807, 2.05) is 6.20 Å². The third-order valence-corrected chi connectivity index (χ3v) is 4.30. The van der Waals surface area contributed by atoms with E-state index in [-0.39, 0.29) is 0 Å². The molecule has 3 atom stereocenters. The predicted molar refractivity (Wildman–Crippen MR) is 76.1 cm³/mol. The summed E-state index contributed by atoms with van der Waals surface area (Å²) < 4.78 is 2.18. The van der Waals surface area contributed by atoms with Crippen LogP contribution in [0.1, 0.15) is 33.2 Å². The number of hydrogen-bond donors (Lipinski definition) is 0. The Hall–Kier alpha value is -1.03. The molecule has 1 aromatic heterocycles. The third-order valence-electron chi connectivity index (χ3n) is 4.30. The van der Waals surface area contributed by atoms with Gasteiger partial charge in [0, 0.05) is 25.2 Å². The lowest BCUT2D eigenvalue weighted by atomic mass is 10.1. The summed E-state index contributed by atoms with van der Waals surface area (Å²) in [6.45, 7) is 9.15. The van der Waals surface area contributed by atoms with Crippen LogP contribution >= 0.6 is 0 Å². The number of hydrogen-bond acceptors (Lipinski definition) is 3. The maximum Gasteiger partial charge on any atom is 0.127 e. The number of rotatable bonds is 4. The fourth-order valence-electron chi connectivity index (χ4n) is 2.65. The lowest BCUT2D eigenvalue weighted by molar-refractivity contribution is 0.230. The Morgan fingerprint density at radius 2 is 2.11 bits per heavy atom.